The molecule has 3 fully saturated rings. The molecule has 0 radical (unpaired) electrons. The van der Waals surface area contributed by atoms with E-state index < -0.39 is 0 Å². The highest BCUT2D eigenvalue weighted by atomic mass is 16.2. The van der Waals surface area contributed by atoms with Crippen molar-refractivity contribution in [3.8, 4) is 6.07 Å². The molecule has 23 heavy (non-hydrogen) atoms. The van der Waals surface area contributed by atoms with E-state index in [1.165, 1.54) is 12.8 Å². The summed E-state index contributed by atoms with van der Waals surface area (Å²) in [4.78, 5) is 18.0. The maximum absolute atomic E-state index is 12.0. The second kappa shape index (κ2) is 7.06. The molecule has 3 aliphatic rings. The van der Waals surface area contributed by atoms with Crippen molar-refractivity contribution in [2.24, 2.45) is 11.8 Å². The summed E-state index contributed by atoms with van der Waals surface area (Å²) in [6.45, 7) is 4.86. The van der Waals surface area contributed by atoms with E-state index in [9.17, 15) is 4.79 Å². The van der Waals surface area contributed by atoms with Gasteiger partial charge < -0.3 is 15.1 Å². The van der Waals surface area contributed by atoms with Crippen molar-refractivity contribution < 1.29 is 4.79 Å². The summed E-state index contributed by atoms with van der Waals surface area (Å²) < 4.78 is 0. The zero-order chi connectivity index (χ0) is 16.4. The second-order valence-corrected chi connectivity index (χ2v) is 7.55. The number of fused-ring (bicyclic) bond motifs is 1. The number of hydrogen-bond donors (Lipinski definition) is 1. The average molecular weight is 319 g/mol. The van der Waals surface area contributed by atoms with Crippen molar-refractivity contribution in [3.05, 3.63) is 0 Å². The molecule has 4 atom stereocenters. The van der Waals surface area contributed by atoms with Crippen molar-refractivity contribution in [2.45, 2.75) is 37.8 Å². The third kappa shape index (κ3) is 3.61. The number of carbonyl (C=O) groups excluding carboxylic acids is 1. The third-order valence-corrected chi connectivity index (χ3v) is 5.75. The zero-order valence-corrected chi connectivity index (χ0v) is 14.4. The molecular formula is C17H29N5O. The Labute approximate surface area is 139 Å². The van der Waals surface area contributed by atoms with Gasteiger partial charge in [0.15, 0.2) is 0 Å². The number of carbonyl (C=O) groups is 1. The highest BCUT2D eigenvalue weighted by molar-refractivity contribution is 5.74. The molecule has 3 rings (SSSR count). The topological polar surface area (TPSA) is 62.6 Å². The van der Waals surface area contributed by atoms with Crippen molar-refractivity contribution in [3.63, 3.8) is 0 Å². The van der Waals surface area contributed by atoms with Crippen LogP contribution in [0.1, 0.15) is 25.7 Å². The molecule has 1 aliphatic carbocycles. The summed E-state index contributed by atoms with van der Waals surface area (Å²) >= 11 is 0. The Balaban J connectivity index is 1.38. The lowest BCUT2D eigenvalue weighted by Gasteiger charge is -2.24. The minimum Gasteiger partial charge on any atom is -0.331 e. The Morgan fingerprint density at radius 1 is 1.30 bits per heavy atom. The molecule has 0 aromatic heterocycles. The number of amides is 2. The normalized spacial score (nSPS) is 33.7. The quantitative estimate of drug-likeness (QED) is 0.838. The van der Waals surface area contributed by atoms with Gasteiger partial charge in [-0.15, -0.1) is 0 Å². The van der Waals surface area contributed by atoms with Crippen molar-refractivity contribution in [1.29, 1.82) is 5.26 Å². The summed E-state index contributed by atoms with van der Waals surface area (Å²) in [5.41, 5.74) is 0. The van der Waals surface area contributed by atoms with E-state index in [0.29, 0.717) is 17.9 Å². The summed E-state index contributed by atoms with van der Waals surface area (Å²) in [6, 6.07) is 3.28. The first-order chi connectivity index (χ1) is 11.1. The molecule has 0 unspecified atom stereocenters. The van der Waals surface area contributed by atoms with Crippen LogP contribution in [0.3, 0.4) is 0 Å². The van der Waals surface area contributed by atoms with Gasteiger partial charge in [-0.25, -0.2) is 4.79 Å². The Kier molecular flexibility index (Phi) is 5.08. The number of rotatable bonds is 4. The average Bonchev–Trinajstić information content (AvgIpc) is 3.20. The number of urea groups is 1. The molecule has 2 heterocycles. The van der Waals surface area contributed by atoms with Crippen LogP contribution in [0, 0.1) is 23.2 Å². The number of nitriles is 1. The van der Waals surface area contributed by atoms with Crippen LogP contribution in [0.25, 0.3) is 0 Å². The van der Waals surface area contributed by atoms with E-state index in [2.05, 4.69) is 16.3 Å². The minimum atomic E-state index is 0.130. The molecular weight excluding hydrogens is 290 g/mol. The Hall–Kier alpha value is -1.32. The van der Waals surface area contributed by atoms with Gasteiger partial charge in [-0.3, -0.25) is 4.90 Å². The predicted molar refractivity (Wildman–Crippen MR) is 88.9 cm³/mol. The monoisotopic (exact) mass is 319 g/mol. The van der Waals surface area contributed by atoms with Crippen molar-refractivity contribution in [2.75, 3.05) is 46.8 Å². The third-order valence-electron chi connectivity index (χ3n) is 5.75. The molecule has 0 spiro atoms. The van der Waals surface area contributed by atoms with Crippen molar-refractivity contribution >= 4 is 6.03 Å². The van der Waals surface area contributed by atoms with Gasteiger partial charge in [0, 0.05) is 46.3 Å². The summed E-state index contributed by atoms with van der Waals surface area (Å²) in [5, 5.41) is 12.8. The van der Waals surface area contributed by atoms with Crippen LogP contribution in [0.5, 0.6) is 0 Å². The molecule has 128 valence electrons. The highest BCUT2D eigenvalue weighted by Crippen LogP contribution is 2.38. The van der Waals surface area contributed by atoms with Gasteiger partial charge in [-0.2, -0.15) is 5.26 Å². The highest BCUT2D eigenvalue weighted by Gasteiger charge is 2.42. The first kappa shape index (κ1) is 16.5. The Morgan fingerprint density at radius 2 is 2.00 bits per heavy atom. The standard InChI is InChI=1S/C17H29N5O/c1-20(2)17(23)22-11-13-8-15(9-14(13)12-22)19-5-7-21-6-3-4-16(21)10-18/h13-16,19H,3-9,11-12H2,1-2H3/t13-,14+,15+,16-/m0/s1. The molecule has 6 nitrogen and oxygen atoms in total. The molecule has 0 aromatic carbocycles. The summed E-state index contributed by atoms with van der Waals surface area (Å²) in [6.07, 6.45) is 4.55. The van der Waals surface area contributed by atoms with Crippen LogP contribution >= 0.6 is 0 Å². The van der Waals surface area contributed by atoms with Crippen LogP contribution in [0.4, 0.5) is 4.79 Å². The van der Waals surface area contributed by atoms with Gasteiger partial charge in [0.05, 0.1) is 12.1 Å². The van der Waals surface area contributed by atoms with Crippen LogP contribution in [-0.2, 0) is 0 Å². The Morgan fingerprint density at radius 3 is 2.61 bits per heavy atom. The van der Waals surface area contributed by atoms with Crippen LogP contribution in [0.15, 0.2) is 0 Å². The van der Waals surface area contributed by atoms with E-state index in [1.54, 1.807) is 4.90 Å². The van der Waals surface area contributed by atoms with Crippen LogP contribution in [-0.4, -0.2) is 79.6 Å². The van der Waals surface area contributed by atoms with Crippen LogP contribution < -0.4 is 5.32 Å². The van der Waals surface area contributed by atoms with Gasteiger partial charge in [0.25, 0.3) is 0 Å². The molecule has 2 aliphatic heterocycles. The van der Waals surface area contributed by atoms with Crippen molar-refractivity contribution in [1.82, 2.24) is 20.0 Å². The predicted octanol–water partition coefficient (Wildman–Crippen LogP) is 0.956. The molecule has 1 N–H and O–H groups in total. The summed E-state index contributed by atoms with van der Waals surface area (Å²) in [7, 11) is 3.65. The molecule has 0 bridgehead atoms. The first-order valence-electron chi connectivity index (χ1n) is 8.91. The van der Waals surface area contributed by atoms with Gasteiger partial charge in [0.2, 0.25) is 0 Å². The zero-order valence-electron chi connectivity index (χ0n) is 14.4. The van der Waals surface area contributed by atoms with Gasteiger partial charge in [0.1, 0.15) is 0 Å². The largest absolute Gasteiger partial charge is 0.331 e. The van der Waals surface area contributed by atoms with E-state index in [1.807, 2.05) is 19.0 Å². The van der Waals surface area contributed by atoms with E-state index in [4.69, 9.17) is 5.26 Å². The van der Waals surface area contributed by atoms with E-state index in [-0.39, 0.29) is 12.1 Å². The lowest BCUT2D eigenvalue weighted by Crippen LogP contribution is -2.40. The number of hydrogen-bond acceptors (Lipinski definition) is 4. The van der Waals surface area contributed by atoms with E-state index >= 15 is 0 Å². The molecule has 2 saturated heterocycles. The first-order valence-corrected chi connectivity index (χ1v) is 8.91. The van der Waals surface area contributed by atoms with Gasteiger partial charge >= 0.3 is 6.03 Å². The summed E-state index contributed by atoms with van der Waals surface area (Å²) in [5.74, 6) is 1.32. The lowest BCUT2D eigenvalue weighted by atomic mass is 10.0. The lowest BCUT2D eigenvalue weighted by molar-refractivity contribution is 0.177. The smallest absolute Gasteiger partial charge is 0.319 e. The maximum Gasteiger partial charge on any atom is 0.319 e. The molecule has 2 amide bonds. The second-order valence-electron chi connectivity index (χ2n) is 7.55. The molecule has 1 saturated carbocycles. The SMILES string of the molecule is CN(C)C(=O)N1C[C@H]2C[C@H](NCCN3CCC[C@H]3C#N)C[C@H]2C1. The van der Waals surface area contributed by atoms with Crippen LogP contribution in [0.2, 0.25) is 0 Å². The van der Waals surface area contributed by atoms with Gasteiger partial charge in [-0.05, 0) is 44.1 Å². The molecule has 0 aromatic rings. The minimum absolute atomic E-state index is 0.130. The number of nitrogens with zero attached hydrogens (tertiary/aromatic N) is 4. The maximum atomic E-state index is 12.0. The fourth-order valence-electron chi connectivity index (χ4n) is 4.56. The Bertz CT molecular complexity index is 460. The van der Waals surface area contributed by atoms with Gasteiger partial charge in [-0.1, -0.05) is 0 Å². The fourth-order valence-corrected chi connectivity index (χ4v) is 4.56. The van der Waals surface area contributed by atoms with E-state index in [0.717, 1.165) is 45.6 Å². The fraction of sp³-hybridized carbons (Fsp3) is 0.882. The number of likely N-dealkylation sites (tertiary alicyclic amines) is 2. The number of nitrogens with one attached hydrogen (secondary N) is 1. The molecule has 6 heteroatoms.